The molecule has 6 heteroatoms. The first-order chi connectivity index (χ1) is 15.6. The van der Waals surface area contributed by atoms with Crippen molar-refractivity contribution in [1.29, 1.82) is 0 Å². The van der Waals surface area contributed by atoms with Gasteiger partial charge in [-0.05, 0) is 79.6 Å². The van der Waals surface area contributed by atoms with Gasteiger partial charge in [0.15, 0.2) is 0 Å². The van der Waals surface area contributed by atoms with Crippen LogP contribution in [0.25, 0.3) is 27.7 Å². The third kappa shape index (κ3) is 3.24. The summed E-state index contributed by atoms with van der Waals surface area (Å²) in [6.45, 7) is 10.9. The molecule has 4 aromatic rings. The number of piperidine rings is 1. The number of aryl methyl sites for hydroxylation is 1. The number of benzene rings is 1. The number of nitrogens with zero attached hydrogens (tertiary/aromatic N) is 4. The highest BCUT2D eigenvalue weighted by Gasteiger charge is 2.30. The fourth-order valence-corrected chi connectivity index (χ4v) is 5.58. The van der Waals surface area contributed by atoms with E-state index < -0.39 is 0 Å². The summed E-state index contributed by atoms with van der Waals surface area (Å²) in [4.78, 5) is 6.35. The van der Waals surface area contributed by atoms with Gasteiger partial charge in [-0.3, -0.25) is 4.90 Å². The molecule has 166 valence electrons. The van der Waals surface area contributed by atoms with E-state index in [9.17, 15) is 0 Å². The van der Waals surface area contributed by atoms with Crippen LogP contribution in [-0.2, 0) is 4.74 Å². The number of aromatic amines is 1. The van der Waals surface area contributed by atoms with Gasteiger partial charge in [0, 0.05) is 22.7 Å². The first kappa shape index (κ1) is 19.9. The van der Waals surface area contributed by atoms with E-state index in [2.05, 4.69) is 71.4 Å². The highest BCUT2D eigenvalue weighted by molar-refractivity contribution is 5.92. The number of H-pyrrole nitrogens is 1. The van der Waals surface area contributed by atoms with Crippen LogP contribution in [0.3, 0.4) is 0 Å². The van der Waals surface area contributed by atoms with Crippen molar-refractivity contribution in [2.45, 2.75) is 51.5 Å². The zero-order chi connectivity index (χ0) is 21.8. The van der Waals surface area contributed by atoms with E-state index in [1.165, 1.54) is 59.2 Å². The fourth-order valence-electron chi connectivity index (χ4n) is 5.58. The molecule has 1 N–H and O–H groups in total. The molecule has 0 radical (unpaired) electrons. The molecule has 0 saturated carbocycles. The van der Waals surface area contributed by atoms with E-state index in [1.807, 2.05) is 10.7 Å². The number of hydrogen-bond acceptors (Lipinski definition) is 4. The van der Waals surface area contributed by atoms with Crippen LogP contribution in [0, 0.1) is 6.92 Å². The van der Waals surface area contributed by atoms with Gasteiger partial charge >= 0.3 is 0 Å². The number of pyridine rings is 1. The number of rotatable bonds is 4. The van der Waals surface area contributed by atoms with Crippen molar-refractivity contribution in [2.24, 2.45) is 0 Å². The lowest BCUT2D eigenvalue weighted by Crippen LogP contribution is -2.51. The third-order valence-electron chi connectivity index (χ3n) is 7.48. The Morgan fingerprint density at radius 3 is 2.66 bits per heavy atom. The second kappa shape index (κ2) is 7.71. The van der Waals surface area contributed by atoms with Crippen molar-refractivity contribution in [1.82, 2.24) is 24.7 Å². The minimum atomic E-state index is 0.418. The first-order valence-electron chi connectivity index (χ1n) is 11.9. The molecule has 1 aromatic carbocycles. The van der Waals surface area contributed by atoms with Crippen LogP contribution >= 0.6 is 0 Å². The molecule has 3 aromatic heterocycles. The zero-order valence-electron chi connectivity index (χ0n) is 19.1. The Labute approximate surface area is 188 Å². The number of aromatic nitrogens is 4. The summed E-state index contributed by atoms with van der Waals surface area (Å²) in [6.07, 6.45) is 6.38. The summed E-state index contributed by atoms with van der Waals surface area (Å²) in [5.74, 6) is 1.06. The maximum absolute atomic E-state index is 5.39. The van der Waals surface area contributed by atoms with E-state index in [1.54, 1.807) is 0 Å². The van der Waals surface area contributed by atoms with E-state index in [0.29, 0.717) is 17.9 Å². The molecule has 0 atom stereocenters. The van der Waals surface area contributed by atoms with E-state index in [4.69, 9.17) is 4.74 Å². The second-order valence-corrected chi connectivity index (χ2v) is 9.85. The Morgan fingerprint density at radius 1 is 1.12 bits per heavy atom. The maximum atomic E-state index is 5.39. The van der Waals surface area contributed by atoms with Crippen LogP contribution in [0.15, 0.2) is 36.7 Å². The molecule has 6 rings (SSSR count). The minimum Gasteiger partial charge on any atom is -0.378 e. The standard InChI is InChI=1S/C26H31N5O/c1-16(2)25-22-11-19(18-6-8-30(9-7-18)21-14-32-15-21)4-5-23(22)28-26(25)20-10-17(3)24-12-27-29-31(24)13-20/h4-5,10-13,16,18,21,28H,6-9,14-15H2,1-3H3. The molecule has 32 heavy (non-hydrogen) atoms. The van der Waals surface area contributed by atoms with E-state index >= 15 is 0 Å². The average molecular weight is 430 g/mol. The summed E-state index contributed by atoms with van der Waals surface area (Å²) < 4.78 is 7.28. The van der Waals surface area contributed by atoms with Gasteiger partial charge in [-0.15, -0.1) is 5.10 Å². The molecule has 0 spiro atoms. The second-order valence-electron chi connectivity index (χ2n) is 9.85. The molecular weight excluding hydrogens is 398 g/mol. The SMILES string of the molecule is Cc1cc(-c2[nH]c3ccc(C4CCN(C5COC5)CC4)cc3c2C(C)C)cn2nncc12. The molecule has 2 aliphatic rings. The van der Waals surface area contributed by atoms with Crippen LogP contribution < -0.4 is 0 Å². The molecule has 2 fully saturated rings. The summed E-state index contributed by atoms with van der Waals surface area (Å²) in [5, 5.41) is 9.68. The van der Waals surface area contributed by atoms with Crippen LogP contribution in [-0.4, -0.2) is 57.1 Å². The lowest BCUT2D eigenvalue weighted by Gasteiger charge is -2.41. The van der Waals surface area contributed by atoms with Crippen LogP contribution in [0.1, 0.15) is 55.2 Å². The van der Waals surface area contributed by atoms with Crippen molar-refractivity contribution >= 4 is 16.4 Å². The number of fused-ring (bicyclic) bond motifs is 2. The van der Waals surface area contributed by atoms with Gasteiger partial charge in [0.05, 0.1) is 36.7 Å². The van der Waals surface area contributed by atoms with Crippen LogP contribution in [0.5, 0.6) is 0 Å². The molecule has 2 aliphatic heterocycles. The lowest BCUT2D eigenvalue weighted by molar-refractivity contribution is -0.0712. The van der Waals surface area contributed by atoms with E-state index in [-0.39, 0.29) is 0 Å². The summed E-state index contributed by atoms with van der Waals surface area (Å²) >= 11 is 0. The molecule has 0 unspecified atom stereocenters. The van der Waals surface area contributed by atoms with Crippen molar-refractivity contribution in [2.75, 3.05) is 26.3 Å². The minimum absolute atomic E-state index is 0.418. The summed E-state index contributed by atoms with van der Waals surface area (Å²) in [5.41, 5.74) is 8.70. The largest absolute Gasteiger partial charge is 0.378 e. The fraction of sp³-hybridized carbons (Fsp3) is 0.462. The Balaban J connectivity index is 1.37. The molecule has 5 heterocycles. The summed E-state index contributed by atoms with van der Waals surface area (Å²) in [7, 11) is 0. The van der Waals surface area contributed by atoms with E-state index in [0.717, 1.165) is 24.3 Å². The number of likely N-dealkylation sites (tertiary alicyclic amines) is 1. The Hall–Kier alpha value is -2.70. The van der Waals surface area contributed by atoms with Crippen molar-refractivity contribution < 1.29 is 4.74 Å². The van der Waals surface area contributed by atoms with Gasteiger partial charge in [-0.2, -0.15) is 0 Å². The Bertz CT molecular complexity index is 1270. The van der Waals surface area contributed by atoms with Gasteiger partial charge in [0.25, 0.3) is 0 Å². The molecule has 6 nitrogen and oxygen atoms in total. The molecular formula is C26H31N5O. The Morgan fingerprint density at radius 2 is 1.94 bits per heavy atom. The van der Waals surface area contributed by atoms with Gasteiger partial charge in [0.2, 0.25) is 0 Å². The van der Waals surface area contributed by atoms with Gasteiger partial charge in [-0.1, -0.05) is 25.1 Å². The van der Waals surface area contributed by atoms with Crippen molar-refractivity contribution in [3.63, 3.8) is 0 Å². The monoisotopic (exact) mass is 429 g/mol. The zero-order valence-corrected chi connectivity index (χ0v) is 19.1. The van der Waals surface area contributed by atoms with Crippen molar-refractivity contribution in [3.05, 3.63) is 53.3 Å². The smallest absolute Gasteiger partial charge is 0.0894 e. The van der Waals surface area contributed by atoms with Gasteiger partial charge in [-0.25, -0.2) is 4.52 Å². The average Bonchev–Trinajstić information content (AvgIpc) is 3.37. The predicted molar refractivity (Wildman–Crippen MR) is 127 cm³/mol. The molecule has 0 aliphatic carbocycles. The maximum Gasteiger partial charge on any atom is 0.0894 e. The van der Waals surface area contributed by atoms with Crippen LogP contribution in [0.2, 0.25) is 0 Å². The summed E-state index contributed by atoms with van der Waals surface area (Å²) in [6, 6.07) is 9.98. The topological polar surface area (TPSA) is 58.5 Å². The van der Waals surface area contributed by atoms with Crippen LogP contribution in [0.4, 0.5) is 0 Å². The third-order valence-corrected chi connectivity index (χ3v) is 7.48. The van der Waals surface area contributed by atoms with Gasteiger partial charge < -0.3 is 9.72 Å². The number of ether oxygens (including phenoxy) is 1. The molecule has 2 saturated heterocycles. The van der Waals surface area contributed by atoms with Gasteiger partial charge in [0.1, 0.15) is 0 Å². The molecule has 0 bridgehead atoms. The highest BCUT2D eigenvalue weighted by Crippen LogP contribution is 2.39. The highest BCUT2D eigenvalue weighted by atomic mass is 16.5. The Kier molecular flexibility index (Phi) is 4.81. The molecule has 0 amide bonds. The number of hydrogen-bond donors (Lipinski definition) is 1. The predicted octanol–water partition coefficient (Wildman–Crippen LogP) is 4.89. The van der Waals surface area contributed by atoms with Crippen molar-refractivity contribution in [3.8, 4) is 11.3 Å². The number of nitrogens with one attached hydrogen (secondary N) is 1. The lowest BCUT2D eigenvalue weighted by atomic mass is 9.87. The normalized spacial score (nSPS) is 18.8. The quantitative estimate of drug-likeness (QED) is 0.502. The first-order valence-corrected chi connectivity index (χ1v) is 11.9.